The average molecular weight is 313 g/mol. The largest absolute Gasteiger partial charge is 0.0839 e. The number of hydrogen-bond acceptors (Lipinski definition) is 0. The van der Waals surface area contributed by atoms with Crippen LogP contribution in [-0.2, 0) is 0 Å². The fourth-order valence-corrected chi connectivity index (χ4v) is 3.22. The van der Waals surface area contributed by atoms with Crippen LogP contribution in [0.5, 0.6) is 0 Å². The summed E-state index contributed by atoms with van der Waals surface area (Å²) in [5.41, 5.74) is 3.32. The smallest absolute Gasteiger partial charge is 0.0462 e. The molecule has 0 aliphatic carbocycles. The Morgan fingerprint density at radius 1 is 0.524 bits per heavy atom. The van der Waals surface area contributed by atoms with E-state index in [0.29, 0.717) is 10.0 Å². The topological polar surface area (TPSA) is 0 Å². The Morgan fingerprint density at radius 3 is 1.38 bits per heavy atom. The fourth-order valence-electron chi connectivity index (χ4n) is 2.60. The van der Waals surface area contributed by atoms with Gasteiger partial charge in [-0.25, -0.2) is 0 Å². The maximum Gasteiger partial charge on any atom is 0.0462 e. The lowest BCUT2D eigenvalue weighted by Crippen LogP contribution is -2.04. The molecule has 0 spiro atoms. The highest BCUT2D eigenvalue weighted by atomic mass is 35.5. The Labute approximate surface area is 135 Å². The molecule has 0 N–H and O–H groups in total. The number of benzene rings is 3. The summed E-state index contributed by atoms with van der Waals surface area (Å²) in [6, 6.07) is 26.3. The van der Waals surface area contributed by atoms with Crippen LogP contribution in [0.3, 0.4) is 0 Å². The molecule has 0 atom stereocenters. The highest BCUT2D eigenvalue weighted by Gasteiger charge is 2.21. The lowest BCUT2D eigenvalue weighted by molar-refractivity contribution is 0.978. The maximum atomic E-state index is 6.44. The van der Waals surface area contributed by atoms with E-state index in [1.54, 1.807) is 0 Å². The van der Waals surface area contributed by atoms with Gasteiger partial charge in [-0.2, -0.15) is 0 Å². The molecule has 0 nitrogen and oxygen atoms in total. The Balaban J connectivity index is 2.23. The van der Waals surface area contributed by atoms with Gasteiger partial charge in [0.25, 0.3) is 0 Å². The van der Waals surface area contributed by atoms with Crippen molar-refractivity contribution in [2.75, 3.05) is 0 Å². The van der Waals surface area contributed by atoms with Crippen molar-refractivity contribution in [2.45, 2.75) is 5.92 Å². The lowest BCUT2D eigenvalue weighted by Gasteiger charge is -2.21. The van der Waals surface area contributed by atoms with Gasteiger partial charge in [-0.1, -0.05) is 89.9 Å². The summed E-state index contributed by atoms with van der Waals surface area (Å²) < 4.78 is 0. The van der Waals surface area contributed by atoms with Crippen LogP contribution >= 0.6 is 23.2 Å². The van der Waals surface area contributed by atoms with Crippen LogP contribution in [0.2, 0.25) is 10.0 Å². The minimum absolute atomic E-state index is 0.0357. The SMILES string of the molecule is Clc1cccc(Cl)c1C(c1ccccc1)c1ccccc1. The first-order valence-electron chi connectivity index (χ1n) is 6.81. The van der Waals surface area contributed by atoms with E-state index in [1.165, 1.54) is 11.1 Å². The van der Waals surface area contributed by atoms with Gasteiger partial charge in [0, 0.05) is 21.5 Å². The molecule has 3 aromatic rings. The molecule has 0 unspecified atom stereocenters. The molecule has 0 aliphatic rings. The monoisotopic (exact) mass is 312 g/mol. The van der Waals surface area contributed by atoms with Gasteiger partial charge in [0.05, 0.1) is 0 Å². The zero-order valence-electron chi connectivity index (χ0n) is 11.3. The van der Waals surface area contributed by atoms with Crippen LogP contribution in [0.25, 0.3) is 0 Å². The maximum absolute atomic E-state index is 6.44. The van der Waals surface area contributed by atoms with Gasteiger partial charge < -0.3 is 0 Å². The van der Waals surface area contributed by atoms with Crippen molar-refractivity contribution in [3.63, 3.8) is 0 Å². The Hall–Kier alpha value is -1.76. The quantitative estimate of drug-likeness (QED) is 0.507. The average Bonchev–Trinajstić information content (AvgIpc) is 2.53. The molecule has 0 fully saturated rings. The highest BCUT2D eigenvalue weighted by Crippen LogP contribution is 2.39. The Bertz CT molecular complexity index is 661. The van der Waals surface area contributed by atoms with E-state index < -0.39 is 0 Å². The minimum atomic E-state index is 0.0357. The summed E-state index contributed by atoms with van der Waals surface area (Å²) in [6.45, 7) is 0. The first kappa shape index (κ1) is 14.2. The standard InChI is InChI=1S/C19H14Cl2/c20-16-12-7-13-17(21)19(16)18(14-8-3-1-4-9-14)15-10-5-2-6-11-15/h1-13,18H. The van der Waals surface area contributed by atoms with E-state index in [2.05, 4.69) is 24.3 Å². The molecule has 0 heterocycles. The van der Waals surface area contributed by atoms with Gasteiger partial charge in [0.1, 0.15) is 0 Å². The predicted octanol–water partition coefficient (Wildman–Crippen LogP) is 6.17. The third-order valence-electron chi connectivity index (χ3n) is 3.55. The molecule has 0 aromatic heterocycles. The van der Waals surface area contributed by atoms with Crippen molar-refractivity contribution in [2.24, 2.45) is 0 Å². The van der Waals surface area contributed by atoms with Crippen molar-refractivity contribution < 1.29 is 0 Å². The van der Waals surface area contributed by atoms with Crippen LogP contribution in [0.4, 0.5) is 0 Å². The van der Waals surface area contributed by atoms with E-state index in [-0.39, 0.29) is 5.92 Å². The number of hydrogen-bond donors (Lipinski definition) is 0. The van der Waals surface area contributed by atoms with Gasteiger partial charge in [-0.05, 0) is 23.3 Å². The second kappa shape index (κ2) is 6.34. The van der Waals surface area contributed by atoms with Gasteiger partial charge in [-0.3, -0.25) is 0 Å². The molecule has 0 radical (unpaired) electrons. The lowest BCUT2D eigenvalue weighted by atomic mass is 9.85. The zero-order chi connectivity index (χ0) is 14.7. The van der Waals surface area contributed by atoms with Crippen LogP contribution in [0.15, 0.2) is 78.9 Å². The zero-order valence-corrected chi connectivity index (χ0v) is 12.9. The first-order valence-corrected chi connectivity index (χ1v) is 7.57. The van der Waals surface area contributed by atoms with Crippen molar-refractivity contribution in [3.05, 3.63) is 106 Å². The van der Waals surface area contributed by atoms with E-state index >= 15 is 0 Å². The third-order valence-corrected chi connectivity index (χ3v) is 4.21. The summed E-state index contributed by atoms with van der Waals surface area (Å²) in [5, 5.41) is 1.39. The normalized spacial score (nSPS) is 10.8. The molecule has 2 heteroatoms. The van der Waals surface area contributed by atoms with Crippen LogP contribution < -0.4 is 0 Å². The summed E-state index contributed by atoms with van der Waals surface area (Å²) in [5.74, 6) is 0.0357. The van der Waals surface area contributed by atoms with E-state index in [4.69, 9.17) is 23.2 Å². The minimum Gasteiger partial charge on any atom is -0.0839 e. The third kappa shape index (κ3) is 2.97. The van der Waals surface area contributed by atoms with Crippen molar-refractivity contribution >= 4 is 23.2 Å². The van der Waals surface area contributed by atoms with Gasteiger partial charge in [0.2, 0.25) is 0 Å². The first-order chi connectivity index (χ1) is 10.3. The summed E-state index contributed by atoms with van der Waals surface area (Å²) in [7, 11) is 0. The van der Waals surface area contributed by atoms with E-state index in [1.807, 2.05) is 54.6 Å². The van der Waals surface area contributed by atoms with E-state index in [9.17, 15) is 0 Å². The molecule has 3 rings (SSSR count). The van der Waals surface area contributed by atoms with Crippen LogP contribution in [0.1, 0.15) is 22.6 Å². The van der Waals surface area contributed by atoms with Gasteiger partial charge in [-0.15, -0.1) is 0 Å². The number of rotatable bonds is 3. The molecule has 0 amide bonds. The summed E-state index contributed by atoms with van der Waals surface area (Å²) in [4.78, 5) is 0. The summed E-state index contributed by atoms with van der Waals surface area (Å²) >= 11 is 12.9. The van der Waals surface area contributed by atoms with Crippen molar-refractivity contribution in [3.8, 4) is 0 Å². The molecule has 0 saturated heterocycles. The second-order valence-electron chi connectivity index (χ2n) is 4.89. The van der Waals surface area contributed by atoms with Gasteiger partial charge >= 0.3 is 0 Å². The van der Waals surface area contributed by atoms with E-state index in [0.717, 1.165) is 5.56 Å². The summed E-state index contributed by atoms with van der Waals surface area (Å²) in [6.07, 6.45) is 0. The van der Waals surface area contributed by atoms with Crippen LogP contribution in [0, 0.1) is 0 Å². The molecule has 0 aliphatic heterocycles. The highest BCUT2D eigenvalue weighted by molar-refractivity contribution is 6.36. The van der Waals surface area contributed by atoms with Crippen LogP contribution in [-0.4, -0.2) is 0 Å². The molecule has 0 saturated carbocycles. The molecule has 104 valence electrons. The Morgan fingerprint density at radius 2 is 0.952 bits per heavy atom. The predicted molar refractivity (Wildman–Crippen MR) is 90.3 cm³/mol. The second-order valence-corrected chi connectivity index (χ2v) is 5.70. The molecule has 0 bridgehead atoms. The van der Waals surface area contributed by atoms with Crippen molar-refractivity contribution in [1.82, 2.24) is 0 Å². The number of halogens is 2. The van der Waals surface area contributed by atoms with Gasteiger partial charge in [0.15, 0.2) is 0 Å². The van der Waals surface area contributed by atoms with Crippen molar-refractivity contribution in [1.29, 1.82) is 0 Å². The molecular weight excluding hydrogens is 299 g/mol. The molecule has 3 aromatic carbocycles. The molecule has 21 heavy (non-hydrogen) atoms. The Kier molecular flexibility index (Phi) is 4.28. The fraction of sp³-hybridized carbons (Fsp3) is 0.0526. The molecular formula is C19H14Cl2.